The van der Waals surface area contributed by atoms with E-state index in [1.165, 1.54) is 11.1 Å². The van der Waals surface area contributed by atoms with E-state index >= 15 is 0 Å². The molecule has 0 spiro atoms. The number of nitrogens with two attached hydrogens (primary N) is 1. The number of benzene rings is 2. The largest absolute Gasteiger partial charge is 0.486 e. The Kier molecular flexibility index (Phi) is 3.56. The molecule has 0 saturated heterocycles. The molecule has 0 aliphatic rings. The normalized spacial score (nSPS) is 12.2. The number of hydrogen-bond donors (Lipinski definition) is 1. The number of hydrogen-bond acceptors (Lipinski definition) is 2. The maximum absolute atomic E-state index is 5.96. The zero-order valence-electron chi connectivity index (χ0n) is 11.1. The Labute approximate surface area is 108 Å². The van der Waals surface area contributed by atoms with Crippen LogP contribution in [0.5, 0.6) is 5.75 Å². The fourth-order valence-electron chi connectivity index (χ4n) is 2.08. The van der Waals surface area contributed by atoms with Crippen LogP contribution in [0.1, 0.15) is 29.7 Å². The number of aryl methyl sites for hydroxylation is 2. The van der Waals surface area contributed by atoms with Gasteiger partial charge >= 0.3 is 0 Å². The SMILES string of the molecule is Cc1cc(C)cc(OC(C)c2cccc(N)c2)c1. The first-order chi connectivity index (χ1) is 8.54. The molecule has 0 aromatic heterocycles. The summed E-state index contributed by atoms with van der Waals surface area (Å²) in [5, 5.41) is 0. The van der Waals surface area contributed by atoms with Crippen LogP contribution in [0, 0.1) is 13.8 Å². The molecule has 0 aliphatic carbocycles. The van der Waals surface area contributed by atoms with Gasteiger partial charge in [0.2, 0.25) is 0 Å². The Bertz CT molecular complexity index is 528. The van der Waals surface area contributed by atoms with E-state index in [2.05, 4.69) is 32.0 Å². The average Bonchev–Trinajstić information content (AvgIpc) is 2.27. The summed E-state index contributed by atoms with van der Waals surface area (Å²) in [6, 6.07) is 14.1. The van der Waals surface area contributed by atoms with Crippen molar-refractivity contribution >= 4 is 5.69 Å². The Hall–Kier alpha value is -1.96. The molecule has 0 heterocycles. The van der Waals surface area contributed by atoms with E-state index in [4.69, 9.17) is 10.5 Å². The van der Waals surface area contributed by atoms with E-state index in [9.17, 15) is 0 Å². The van der Waals surface area contributed by atoms with Gasteiger partial charge in [-0.15, -0.1) is 0 Å². The number of nitrogen functional groups attached to an aromatic ring is 1. The fourth-order valence-corrected chi connectivity index (χ4v) is 2.08. The van der Waals surface area contributed by atoms with Crippen molar-refractivity contribution in [2.45, 2.75) is 26.9 Å². The minimum atomic E-state index is -0.00491. The van der Waals surface area contributed by atoms with Crippen LogP contribution in [-0.2, 0) is 0 Å². The number of rotatable bonds is 3. The molecule has 18 heavy (non-hydrogen) atoms. The van der Waals surface area contributed by atoms with E-state index < -0.39 is 0 Å². The van der Waals surface area contributed by atoms with Gasteiger partial charge in [-0.1, -0.05) is 18.2 Å². The zero-order chi connectivity index (χ0) is 13.1. The van der Waals surface area contributed by atoms with Crippen molar-refractivity contribution in [2.75, 3.05) is 5.73 Å². The van der Waals surface area contributed by atoms with E-state index in [1.54, 1.807) is 0 Å². The van der Waals surface area contributed by atoms with Gasteiger partial charge in [0.1, 0.15) is 11.9 Å². The Morgan fingerprint density at radius 2 is 1.67 bits per heavy atom. The smallest absolute Gasteiger partial charge is 0.121 e. The summed E-state index contributed by atoms with van der Waals surface area (Å²) in [5.74, 6) is 0.905. The maximum Gasteiger partial charge on any atom is 0.121 e. The predicted octanol–water partition coefficient (Wildman–Crippen LogP) is 4.03. The molecule has 2 heteroatoms. The molecule has 94 valence electrons. The summed E-state index contributed by atoms with van der Waals surface area (Å²) in [6.45, 7) is 6.18. The van der Waals surface area contributed by atoms with E-state index in [0.29, 0.717) is 0 Å². The summed E-state index contributed by atoms with van der Waals surface area (Å²) in [6.07, 6.45) is -0.00491. The van der Waals surface area contributed by atoms with Crippen LogP contribution in [0.15, 0.2) is 42.5 Å². The minimum Gasteiger partial charge on any atom is -0.486 e. The van der Waals surface area contributed by atoms with Crippen LogP contribution < -0.4 is 10.5 Å². The van der Waals surface area contributed by atoms with Crippen molar-refractivity contribution in [3.05, 3.63) is 59.2 Å². The summed E-state index contributed by atoms with van der Waals surface area (Å²) < 4.78 is 5.96. The molecule has 2 nitrogen and oxygen atoms in total. The van der Waals surface area contributed by atoms with E-state index in [-0.39, 0.29) is 6.10 Å². The molecule has 0 amide bonds. The molecule has 1 atom stereocenters. The molecule has 2 rings (SSSR count). The van der Waals surface area contributed by atoms with E-state index in [1.807, 2.05) is 31.2 Å². The lowest BCUT2D eigenvalue weighted by Crippen LogP contribution is -2.04. The Balaban J connectivity index is 2.18. The molecule has 2 aromatic carbocycles. The van der Waals surface area contributed by atoms with Gasteiger partial charge in [0, 0.05) is 5.69 Å². The summed E-state index contributed by atoms with van der Waals surface area (Å²) in [7, 11) is 0. The van der Waals surface area contributed by atoms with Gasteiger partial charge in [-0.3, -0.25) is 0 Å². The maximum atomic E-state index is 5.96. The molecule has 2 aromatic rings. The van der Waals surface area contributed by atoms with Gasteiger partial charge in [0.15, 0.2) is 0 Å². The van der Waals surface area contributed by atoms with Crippen molar-refractivity contribution < 1.29 is 4.74 Å². The highest BCUT2D eigenvalue weighted by Gasteiger charge is 2.08. The lowest BCUT2D eigenvalue weighted by molar-refractivity contribution is 0.227. The minimum absolute atomic E-state index is 0.00491. The highest BCUT2D eigenvalue weighted by atomic mass is 16.5. The molecule has 0 saturated carbocycles. The van der Waals surface area contributed by atoms with Crippen LogP contribution in [0.2, 0.25) is 0 Å². The summed E-state index contributed by atoms with van der Waals surface area (Å²) in [5.41, 5.74) is 10.1. The first kappa shape index (κ1) is 12.5. The standard InChI is InChI=1S/C16H19NO/c1-11-7-12(2)9-16(8-11)18-13(3)14-5-4-6-15(17)10-14/h4-10,13H,17H2,1-3H3. The number of anilines is 1. The highest BCUT2D eigenvalue weighted by Crippen LogP contribution is 2.24. The van der Waals surface area contributed by atoms with Crippen molar-refractivity contribution in [2.24, 2.45) is 0 Å². The zero-order valence-corrected chi connectivity index (χ0v) is 11.1. The third-order valence-corrected chi connectivity index (χ3v) is 2.89. The van der Waals surface area contributed by atoms with Gasteiger partial charge in [-0.2, -0.15) is 0 Å². The second kappa shape index (κ2) is 5.13. The topological polar surface area (TPSA) is 35.2 Å². The van der Waals surface area contributed by atoms with Crippen molar-refractivity contribution in [1.29, 1.82) is 0 Å². The van der Waals surface area contributed by atoms with Crippen LogP contribution in [0.4, 0.5) is 5.69 Å². The van der Waals surface area contributed by atoms with Gasteiger partial charge < -0.3 is 10.5 Å². The third kappa shape index (κ3) is 3.04. The summed E-state index contributed by atoms with van der Waals surface area (Å²) >= 11 is 0. The Morgan fingerprint density at radius 3 is 2.28 bits per heavy atom. The van der Waals surface area contributed by atoms with Crippen LogP contribution in [0.3, 0.4) is 0 Å². The van der Waals surface area contributed by atoms with Crippen LogP contribution in [0.25, 0.3) is 0 Å². The molecule has 0 fully saturated rings. The van der Waals surface area contributed by atoms with Gasteiger partial charge in [0.05, 0.1) is 0 Å². The summed E-state index contributed by atoms with van der Waals surface area (Å²) in [4.78, 5) is 0. The quantitative estimate of drug-likeness (QED) is 0.823. The van der Waals surface area contributed by atoms with Crippen LogP contribution >= 0.6 is 0 Å². The van der Waals surface area contributed by atoms with Gasteiger partial charge in [-0.05, 0) is 61.7 Å². The second-order valence-electron chi connectivity index (χ2n) is 4.75. The van der Waals surface area contributed by atoms with Crippen molar-refractivity contribution in [3.8, 4) is 5.75 Å². The van der Waals surface area contributed by atoms with Crippen molar-refractivity contribution in [3.63, 3.8) is 0 Å². The average molecular weight is 241 g/mol. The van der Waals surface area contributed by atoms with Gasteiger partial charge in [-0.25, -0.2) is 0 Å². The fraction of sp³-hybridized carbons (Fsp3) is 0.250. The molecule has 0 aliphatic heterocycles. The van der Waals surface area contributed by atoms with Crippen molar-refractivity contribution in [1.82, 2.24) is 0 Å². The highest BCUT2D eigenvalue weighted by molar-refractivity contribution is 5.41. The lowest BCUT2D eigenvalue weighted by Gasteiger charge is -2.16. The molecule has 2 N–H and O–H groups in total. The number of ether oxygens (including phenoxy) is 1. The Morgan fingerprint density at radius 1 is 1.00 bits per heavy atom. The first-order valence-corrected chi connectivity index (χ1v) is 6.15. The van der Waals surface area contributed by atoms with Gasteiger partial charge in [0.25, 0.3) is 0 Å². The third-order valence-electron chi connectivity index (χ3n) is 2.89. The van der Waals surface area contributed by atoms with E-state index in [0.717, 1.165) is 17.0 Å². The van der Waals surface area contributed by atoms with Crippen LogP contribution in [-0.4, -0.2) is 0 Å². The molecular formula is C16H19NO. The lowest BCUT2D eigenvalue weighted by atomic mass is 10.1. The molecule has 1 unspecified atom stereocenters. The first-order valence-electron chi connectivity index (χ1n) is 6.15. The second-order valence-corrected chi connectivity index (χ2v) is 4.75. The predicted molar refractivity (Wildman–Crippen MR) is 75.8 cm³/mol. The molecule has 0 bridgehead atoms. The molecule has 0 radical (unpaired) electrons. The monoisotopic (exact) mass is 241 g/mol. The molecular weight excluding hydrogens is 222 g/mol.